The van der Waals surface area contributed by atoms with Gasteiger partial charge in [0.2, 0.25) is 0 Å². The van der Waals surface area contributed by atoms with E-state index in [1.165, 1.54) is 82.6 Å². The standard InChI is InChI=1S/C29H43NO/c1-3-5-7-10-24-12-14-25(15-13-24)11-8-22-31-28-19-17-27(18-20-28)29-21-16-26(23-30-29)9-6-4-2/h16-21,23-25H,3-15,22H2,1-2H3. The van der Waals surface area contributed by atoms with Crippen LogP contribution in [-0.4, -0.2) is 11.6 Å². The second-order valence-electron chi connectivity index (χ2n) is 9.55. The van der Waals surface area contributed by atoms with Crippen LogP contribution in [0, 0.1) is 11.8 Å². The summed E-state index contributed by atoms with van der Waals surface area (Å²) in [6.07, 6.45) is 19.6. The number of unbranched alkanes of at least 4 members (excludes halogenated alkanes) is 3. The maximum absolute atomic E-state index is 6.02. The highest BCUT2D eigenvalue weighted by molar-refractivity contribution is 5.60. The Labute approximate surface area is 190 Å². The molecule has 2 aromatic rings. The number of ether oxygens (including phenoxy) is 1. The first-order valence-electron chi connectivity index (χ1n) is 13.0. The molecule has 0 bridgehead atoms. The third kappa shape index (κ3) is 8.31. The topological polar surface area (TPSA) is 22.1 Å². The first-order chi connectivity index (χ1) is 15.3. The van der Waals surface area contributed by atoms with Gasteiger partial charge in [0.25, 0.3) is 0 Å². The van der Waals surface area contributed by atoms with Crippen LogP contribution < -0.4 is 4.74 Å². The molecule has 1 aromatic carbocycles. The number of hydrogen-bond donors (Lipinski definition) is 0. The number of benzene rings is 1. The van der Waals surface area contributed by atoms with Crippen LogP contribution in [-0.2, 0) is 6.42 Å². The molecule has 0 saturated heterocycles. The minimum Gasteiger partial charge on any atom is -0.494 e. The number of rotatable bonds is 13. The monoisotopic (exact) mass is 421 g/mol. The van der Waals surface area contributed by atoms with Crippen molar-refractivity contribution in [2.75, 3.05) is 6.61 Å². The van der Waals surface area contributed by atoms with E-state index in [9.17, 15) is 0 Å². The summed E-state index contributed by atoms with van der Waals surface area (Å²) in [5.41, 5.74) is 3.53. The minimum atomic E-state index is 0.833. The average molecular weight is 422 g/mol. The molecule has 0 radical (unpaired) electrons. The zero-order valence-corrected chi connectivity index (χ0v) is 20.0. The van der Waals surface area contributed by atoms with Crippen molar-refractivity contribution in [3.05, 3.63) is 48.2 Å². The van der Waals surface area contributed by atoms with Gasteiger partial charge in [0.1, 0.15) is 5.75 Å². The van der Waals surface area contributed by atoms with Crippen molar-refractivity contribution in [3.8, 4) is 17.0 Å². The zero-order valence-electron chi connectivity index (χ0n) is 20.0. The molecular weight excluding hydrogens is 378 g/mol. The van der Waals surface area contributed by atoms with Crippen LogP contribution in [0.2, 0.25) is 0 Å². The highest BCUT2D eigenvalue weighted by Crippen LogP contribution is 2.34. The first-order valence-corrected chi connectivity index (χ1v) is 13.0. The van der Waals surface area contributed by atoms with E-state index in [1.807, 2.05) is 6.20 Å². The summed E-state index contributed by atoms with van der Waals surface area (Å²) < 4.78 is 6.02. The molecule has 31 heavy (non-hydrogen) atoms. The second kappa shape index (κ2) is 13.6. The van der Waals surface area contributed by atoms with Gasteiger partial charge in [0, 0.05) is 11.8 Å². The van der Waals surface area contributed by atoms with E-state index < -0.39 is 0 Å². The summed E-state index contributed by atoms with van der Waals surface area (Å²) in [7, 11) is 0. The Kier molecular flexibility index (Phi) is 10.4. The smallest absolute Gasteiger partial charge is 0.119 e. The highest BCUT2D eigenvalue weighted by Gasteiger charge is 2.20. The minimum absolute atomic E-state index is 0.833. The van der Waals surface area contributed by atoms with Crippen LogP contribution in [0.1, 0.15) is 96.5 Å². The summed E-state index contributed by atoms with van der Waals surface area (Å²) >= 11 is 0. The Morgan fingerprint density at radius 2 is 1.45 bits per heavy atom. The van der Waals surface area contributed by atoms with Crippen LogP contribution in [0.15, 0.2) is 42.6 Å². The number of aryl methyl sites for hydroxylation is 1. The summed E-state index contributed by atoms with van der Waals surface area (Å²) in [4.78, 5) is 4.64. The maximum atomic E-state index is 6.02. The van der Waals surface area contributed by atoms with Crippen molar-refractivity contribution in [3.63, 3.8) is 0 Å². The zero-order chi connectivity index (χ0) is 21.7. The third-order valence-corrected chi connectivity index (χ3v) is 7.00. The normalized spacial score (nSPS) is 18.8. The van der Waals surface area contributed by atoms with Gasteiger partial charge in [-0.15, -0.1) is 0 Å². The van der Waals surface area contributed by atoms with Crippen LogP contribution in [0.5, 0.6) is 5.75 Å². The molecule has 1 aliphatic carbocycles. The fraction of sp³-hybridized carbons (Fsp3) is 0.621. The first kappa shape index (κ1) is 23.8. The largest absolute Gasteiger partial charge is 0.494 e. The van der Waals surface area contributed by atoms with Crippen molar-refractivity contribution in [2.45, 2.75) is 97.3 Å². The van der Waals surface area contributed by atoms with Crippen LogP contribution in [0.3, 0.4) is 0 Å². The summed E-state index contributed by atoms with van der Waals surface area (Å²) in [5, 5.41) is 0. The molecule has 1 aromatic heterocycles. The molecule has 0 N–H and O–H groups in total. The lowest BCUT2D eigenvalue weighted by Crippen LogP contribution is -2.15. The van der Waals surface area contributed by atoms with E-state index in [0.717, 1.165) is 41.9 Å². The molecule has 1 fully saturated rings. The summed E-state index contributed by atoms with van der Waals surface area (Å²) in [6.45, 7) is 5.36. The van der Waals surface area contributed by atoms with Gasteiger partial charge in [-0.3, -0.25) is 4.98 Å². The van der Waals surface area contributed by atoms with E-state index in [4.69, 9.17) is 4.74 Å². The molecule has 1 saturated carbocycles. The van der Waals surface area contributed by atoms with Gasteiger partial charge in [-0.05, 0) is 73.4 Å². The van der Waals surface area contributed by atoms with Crippen LogP contribution >= 0.6 is 0 Å². The highest BCUT2D eigenvalue weighted by atomic mass is 16.5. The molecule has 2 nitrogen and oxygen atoms in total. The molecule has 0 aliphatic heterocycles. The quantitative estimate of drug-likeness (QED) is 0.302. The van der Waals surface area contributed by atoms with E-state index in [2.05, 4.69) is 55.2 Å². The lowest BCUT2D eigenvalue weighted by Gasteiger charge is -2.28. The molecule has 1 aliphatic rings. The van der Waals surface area contributed by atoms with E-state index in [1.54, 1.807) is 0 Å². The third-order valence-electron chi connectivity index (χ3n) is 7.00. The molecule has 0 unspecified atom stereocenters. The fourth-order valence-electron chi connectivity index (χ4n) is 4.90. The predicted molar refractivity (Wildman–Crippen MR) is 133 cm³/mol. The Hall–Kier alpha value is -1.83. The molecule has 0 atom stereocenters. The van der Waals surface area contributed by atoms with E-state index in [-0.39, 0.29) is 0 Å². The van der Waals surface area contributed by atoms with Gasteiger partial charge in [-0.1, -0.05) is 77.7 Å². The van der Waals surface area contributed by atoms with Crippen molar-refractivity contribution in [1.82, 2.24) is 4.98 Å². The van der Waals surface area contributed by atoms with Gasteiger partial charge >= 0.3 is 0 Å². The molecule has 1 heterocycles. The van der Waals surface area contributed by atoms with Gasteiger partial charge < -0.3 is 4.74 Å². The van der Waals surface area contributed by atoms with Gasteiger partial charge in [-0.25, -0.2) is 0 Å². The maximum Gasteiger partial charge on any atom is 0.119 e. The lowest BCUT2D eigenvalue weighted by molar-refractivity contribution is 0.228. The van der Waals surface area contributed by atoms with Crippen molar-refractivity contribution in [1.29, 1.82) is 0 Å². The van der Waals surface area contributed by atoms with Crippen LogP contribution in [0.4, 0.5) is 0 Å². The molecule has 3 rings (SSSR count). The van der Waals surface area contributed by atoms with E-state index >= 15 is 0 Å². The summed E-state index contributed by atoms with van der Waals surface area (Å²) in [5.74, 6) is 2.92. The average Bonchev–Trinajstić information content (AvgIpc) is 2.82. The summed E-state index contributed by atoms with van der Waals surface area (Å²) in [6, 6.07) is 12.8. The fourth-order valence-corrected chi connectivity index (χ4v) is 4.90. The lowest BCUT2D eigenvalue weighted by atomic mass is 9.78. The van der Waals surface area contributed by atoms with Crippen molar-refractivity contribution < 1.29 is 4.74 Å². The Morgan fingerprint density at radius 1 is 0.774 bits per heavy atom. The van der Waals surface area contributed by atoms with Crippen LogP contribution in [0.25, 0.3) is 11.3 Å². The van der Waals surface area contributed by atoms with Gasteiger partial charge in [0.05, 0.1) is 12.3 Å². The molecule has 2 heteroatoms. The molecule has 0 spiro atoms. The number of hydrogen-bond acceptors (Lipinski definition) is 2. The van der Waals surface area contributed by atoms with Crippen molar-refractivity contribution in [2.24, 2.45) is 11.8 Å². The SMILES string of the molecule is CCCCCC1CCC(CCCOc2ccc(-c3ccc(CCCC)cn3)cc2)CC1. The number of nitrogens with zero attached hydrogens (tertiary/aromatic N) is 1. The second-order valence-corrected chi connectivity index (χ2v) is 9.55. The predicted octanol–water partition coefficient (Wildman–Crippen LogP) is 8.64. The Bertz CT molecular complexity index is 713. The Morgan fingerprint density at radius 3 is 2.06 bits per heavy atom. The number of aromatic nitrogens is 1. The van der Waals surface area contributed by atoms with Gasteiger partial charge in [-0.2, -0.15) is 0 Å². The Balaban J connectivity index is 1.33. The van der Waals surface area contributed by atoms with E-state index in [0.29, 0.717) is 0 Å². The van der Waals surface area contributed by atoms with Crippen molar-refractivity contribution >= 4 is 0 Å². The molecule has 170 valence electrons. The molecule has 0 amide bonds. The van der Waals surface area contributed by atoms with Gasteiger partial charge in [0.15, 0.2) is 0 Å². The molecular formula is C29H43NO. The number of pyridine rings is 1.